The monoisotopic (exact) mass is 359 g/mol. The summed E-state index contributed by atoms with van der Waals surface area (Å²) in [5.74, 6) is 0.421. The highest BCUT2D eigenvalue weighted by Crippen LogP contribution is 2.32. The molecule has 1 heterocycles. The van der Waals surface area contributed by atoms with E-state index < -0.39 is 4.92 Å². The zero-order valence-corrected chi connectivity index (χ0v) is 12.3. The van der Waals surface area contributed by atoms with Crippen LogP contribution >= 0.6 is 27.5 Å². The minimum absolute atomic E-state index is 0.0547. The summed E-state index contributed by atoms with van der Waals surface area (Å²) in [6.07, 6.45) is 0. The van der Waals surface area contributed by atoms with E-state index in [2.05, 4.69) is 36.2 Å². The minimum atomic E-state index is -0.529. The number of non-ortho nitro benzene ring substituents is 1. The van der Waals surface area contributed by atoms with Crippen LogP contribution in [-0.4, -0.2) is 26.9 Å². The van der Waals surface area contributed by atoms with Crippen molar-refractivity contribution in [3.8, 4) is 11.8 Å². The molecular formula is C10H7BrClN5O3. The summed E-state index contributed by atoms with van der Waals surface area (Å²) in [5, 5.41) is 13.4. The van der Waals surface area contributed by atoms with Gasteiger partial charge >= 0.3 is 6.01 Å². The molecule has 0 saturated heterocycles. The van der Waals surface area contributed by atoms with Crippen LogP contribution < -0.4 is 10.1 Å². The number of anilines is 1. The lowest BCUT2D eigenvalue weighted by atomic mass is 10.3. The molecule has 1 aromatic carbocycles. The van der Waals surface area contributed by atoms with Crippen LogP contribution in [0.1, 0.15) is 0 Å². The third kappa shape index (κ3) is 3.31. The predicted molar refractivity (Wildman–Crippen MR) is 75.3 cm³/mol. The molecule has 0 unspecified atom stereocenters. The first-order valence-corrected chi connectivity index (χ1v) is 6.38. The average Bonchev–Trinajstić information content (AvgIpc) is 2.40. The Hall–Kier alpha value is -2.00. The van der Waals surface area contributed by atoms with Crippen LogP contribution in [-0.2, 0) is 0 Å². The zero-order chi connectivity index (χ0) is 14.7. The van der Waals surface area contributed by atoms with E-state index in [-0.39, 0.29) is 28.7 Å². The number of rotatable bonds is 4. The summed E-state index contributed by atoms with van der Waals surface area (Å²) in [6.45, 7) is 0. The number of aromatic nitrogens is 3. The Labute approximate surface area is 126 Å². The third-order valence-corrected chi connectivity index (χ3v) is 2.96. The molecule has 10 heteroatoms. The van der Waals surface area contributed by atoms with Gasteiger partial charge < -0.3 is 10.1 Å². The van der Waals surface area contributed by atoms with Crippen LogP contribution in [0.2, 0.25) is 5.28 Å². The van der Waals surface area contributed by atoms with Crippen LogP contribution in [0, 0.1) is 10.1 Å². The molecule has 104 valence electrons. The minimum Gasteiger partial charge on any atom is -0.423 e. The molecule has 0 saturated carbocycles. The summed E-state index contributed by atoms with van der Waals surface area (Å²) in [6, 6.07) is 4.02. The molecule has 2 rings (SSSR count). The second kappa shape index (κ2) is 5.97. The van der Waals surface area contributed by atoms with Gasteiger partial charge in [0.25, 0.3) is 5.69 Å². The van der Waals surface area contributed by atoms with Gasteiger partial charge in [0.15, 0.2) is 5.75 Å². The van der Waals surface area contributed by atoms with Gasteiger partial charge in [0.05, 0.1) is 15.5 Å². The molecule has 0 spiro atoms. The fourth-order valence-electron chi connectivity index (χ4n) is 1.27. The normalized spacial score (nSPS) is 10.2. The van der Waals surface area contributed by atoms with E-state index >= 15 is 0 Å². The maximum Gasteiger partial charge on any atom is 0.328 e. The SMILES string of the molecule is CNc1nc(Cl)nc(Oc2cc([N+](=O)[O-])ccc2Br)n1. The van der Waals surface area contributed by atoms with E-state index in [4.69, 9.17) is 16.3 Å². The molecule has 20 heavy (non-hydrogen) atoms. The van der Waals surface area contributed by atoms with Crippen molar-refractivity contribution in [2.75, 3.05) is 12.4 Å². The number of ether oxygens (including phenoxy) is 1. The fourth-order valence-corrected chi connectivity index (χ4v) is 1.75. The molecule has 0 aliphatic rings. The van der Waals surface area contributed by atoms with Gasteiger partial charge in [0, 0.05) is 13.1 Å². The van der Waals surface area contributed by atoms with Crippen molar-refractivity contribution in [3.63, 3.8) is 0 Å². The van der Waals surface area contributed by atoms with Gasteiger partial charge in [-0.1, -0.05) is 0 Å². The van der Waals surface area contributed by atoms with Crippen molar-refractivity contribution in [2.45, 2.75) is 0 Å². The van der Waals surface area contributed by atoms with E-state index in [9.17, 15) is 10.1 Å². The summed E-state index contributed by atoms with van der Waals surface area (Å²) < 4.78 is 5.90. The maximum absolute atomic E-state index is 10.7. The van der Waals surface area contributed by atoms with Crippen molar-refractivity contribution >= 4 is 39.2 Å². The van der Waals surface area contributed by atoms with Gasteiger partial charge in [0.2, 0.25) is 11.2 Å². The highest BCUT2D eigenvalue weighted by atomic mass is 79.9. The van der Waals surface area contributed by atoms with E-state index in [0.29, 0.717) is 4.47 Å². The van der Waals surface area contributed by atoms with E-state index in [0.717, 1.165) is 0 Å². The predicted octanol–water partition coefficient (Wildman–Crippen LogP) is 3.03. The molecule has 0 amide bonds. The number of nitrogens with one attached hydrogen (secondary N) is 1. The van der Waals surface area contributed by atoms with Crippen molar-refractivity contribution in [2.24, 2.45) is 0 Å². The summed E-state index contributed by atoms with van der Waals surface area (Å²) >= 11 is 8.94. The number of hydrogen-bond donors (Lipinski definition) is 1. The molecule has 0 radical (unpaired) electrons. The molecule has 1 aromatic heterocycles. The highest BCUT2D eigenvalue weighted by Gasteiger charge is 2.13. The molecule has 1 N–H and O–H groups in total. The number of halogens is 2. The molecule has 0 aliphatic carbocycles. The Balaban J connectivity index is 2.36. The highest BCUT2D eigenvalue weighted by molar-refractivity contribution is 9.10. The van der Waals surface area contributed by atoms with Gasteiger partial charge in [-0.25, -0.2) is 0 Å². The van der Waals surface area contributed by atoms with E-state index in [1.54, 1.807) is 7.05 Å². The smallest absolute Gasteiger partial charge is 0.328 e. The third-order valence-electron chi connectivity index (χ3n) is 2.14. The maximum atomic E-state index is 10.7. The molecule has 0 bridgehead atoms. The van der Waals surface area contributed by atoms with Crippen molar-refractivity contribution in [1.29, 1.82) is 0 Å². The van der Waals surface area contributed by atoms with Crippen LogP contribution in [0.25, 0.3) is 0 Å². The first-order valence-electron chi connectivity index (χ1n) is 5.20. The second-order valence-electron chi connectivity index (χ2n) is 3.43. The average molecular weight is 361 g/mol. The molecule has 8 nitrogen and oxygen atoms in total. The van der Waals surface area contributed by atoms with Gasteiger partial charge in [-0.3, -0.25) is 10.1 Å². The molecule has 0 atom stereocenters. The molecular weight excluding hydrogens is 353 g/mol. The van der Waals surface area contributed by atoms with Crippen LogP contribution in [0.4, 0.5) is 11.6 Å². The second-order valence-corrected chi connectivity index (χ2v) is 4.63. The van der Waals surface area contributed by atoms with Crippen LogP contribution in [0.15, 0.2) is 22.7 Å². The molecule has 2 aromatic rings. The largest absolute Gasteiger partial charge is 0.423 e. The lowest BCUT2D eigenvalue weighted by Gasteiger charge is -2.07. The van der Waals surface area contributed by atoms with E-state index in [1.807, 2.05) is 0 Å². The summed E-state index contributed by atoms with van der Waals surface area (Å²) in [4.78, 5) is 21.7. The molecule has 0 aliphatic heterocycles. The Morgan fingerprint density at radius 2 is 2.15 bits per heavy atom. The first-order chi connectivity index (χ1) is 9.49. The number of hydrogen-bond acceptors (Lipinski definition) is 7. The lowest BCUT2D eigenvalue weighted by molar-refractivity contribution is -0.384. The lowest BCUT2D eigenvalue weighted by Crippen LogP contribution is -2.01. The zero-order valence-electron chi connectivity index (χ0n) is 10.0. The van der Waals surface area contributed by atoms with Gasteiger partial charge in [-0.15, -0.1) is 0 Å². The number of nitro benzene ring substituents is 1. The van der Waals surface area contributed by atoms with Crippen LogP contribution in [0.5, 0.6) is 11.8 Å². The van der Waals surface area contributed by atoms with Gasteiger partial charge in [-0.2, -0.15) is 15.0 Å². The standard InChI is InChI=1S/C10H7BrClN5O3/c1-13-9-14-8(12)15-10(16-9)20-7-4-5(17(18)19)2-3-6(7)11/h2-4H,1H3,(H,13,14,15,16). The van der Waals surface area contributed by atoms with Crippen LogP contribution in [0.3, 0.4) is 0 Å². The topological polar surface area (TPSA) is 103 Å². The number of nitrogens with zero attached hydrogens (tertiary/aromatic N) is 4. The Bertz CT molecular complexity index is 669. The first kappa shape index (κ1) is 14.4. The summed E-state index contributed by atoms with van der Waals surface area (Å²) in [7, 11) is 1.61. The van der Waals surface area contributed by atoms with E-state index in [1.165, 1.54) is 18.2 Å². The van der Waals surface area contributed by atoms with Crippen molar-refractivity contribution in [1.82, 2.24) is 15.0 Å². The molecule has 0 fully saturated rings. The number of nitro groups is 1. The summed E-state index contributed by atoms with van der Waals surface area (Å²) in [5.41, 5.74) is -0.114. The van der Waals surface area contributed by atoms with Gasteiger partial charge in [-0.05, 0) is 33.6 Å². The fraction of sp³-hybridized carbons (Fsp3) is 0.100. The Morgan fingerprint density at radius 3 is 2.80 bits per heavy atom. The Morgan fingerprint density at radius 1 is 1.40 bits per heavy atom. The van der Waals surface area contributed by atoms with Gasteiger partial charge in [0.1, 0.15) is 0 Å². The van der Waals surface area contributed by atoms with Crippen molar-refractivity contribution < 1.29 is 9.66 Å². The Kier molecular flexibility index (Phi) is 4.30. The van der Waals surface area contributed by atoms with Crippen molar-refractivity contribution in [3.05, 3.63) is 38.1 Å². The quantitative estimate of drug-likeness (QED) is 0.660. The number of benzene rings is 1.